The molecule has 0 unspecified atom stereocenters. The van der Waals surface area contributed by atoms with E-state index in [0.717, 1.165) is 22.6 Å². The third-order valence-electron chi connectivity index (χ3n) is 3.48. The summed E-state index contributed by atoms with van der Waals surface area (Å²) in [6.45, 7) is 0. The van der Waals surface area contributed by atoms with Gasteiger partial charge in [-0.25, -0.2) is 4.68 Å². The lowest BCUT2D eigenvalue weighted by atomic mass is 10.1. The van der Waals surface area contributed by atoms with Crippen molar-refractivity contribution >= 4 is 0 Å². The predicted molar refractivity (Wildman–Crippen MR) is 85.8 cm³/mol. The van der Waals surface area contributed by atoms with Crippen LogP contribution < -0.4 is 0 Å². The summed E-state index contributed by atoms with van der Waals surface area (Å²) < 4.78 is 12.7. The van der Waals surface area contributed by atoms with E-state index in [1.165, 1.54) is 0 Å². The van der Waals surface area contributed by atoms with Crippen molar-refractivity contribution in [3.8, 4) is 16.9 Å². The molecule has 3 rings (SSSR count). The lowest BCUT2D eigenvalue weighted by molar-refractivity contribution is -0.109. The molecule has 0 atom stereocenters. The van der Waals surface area contributed by atoms with Crippen LogP contribution in [0.2, 0.25) is 0 Å². The topological polar surface area (TPSA) is 36.3 Å². The number of rotatable bonds is 5. The Morgan fingerprint density at radius 2 is 1.45 bits per heavy atom. The fourth-order valence-electron chi connectivity index (χ4n) is 2.43. The van der Waals surface area contributed by atoms with Crippen molar-refractivity contribution < 1.29 is 9.47 Å². The Bertz CT molecular complexity index is 719. The highest BCUT2D eigenvalue weighted by Gasteiger charge is 2.19. The van der Waals surface area contributed by atoms with Gasteiger partial charge in [-0.3, -0.25) is 0 Å². The summed E-state index contributed by atoms with van der Waals surface area (Å²) in [5.41, 5.74) is 3.77. The Kier molecular flexibility index (Phi) is 4.32. The predicted octanol–water partition coefficient (Wildman–Crippen LogP) is 3.83. The van der Waals surface area contributed by atoms with Crippen LogP contribution in [0.4, 0.5) is 0 Å². The van der Waals surface area contributed by atoms with Gasteiger partial charge in [0.15, 0.2) is 0 Å². The summed E-state index contributed by atoms with van der Waals surface area (Å²) in [6.07, 6.45) is -0.467. The van der Waals surface area contributed by atoms with Crippen molar-refractivity contribution in [1.82, 2.24) is 9.78 Å². The summed E-state index contributed by atoms with van der Waals surface area (Å²) in [5, 5.41) is 4.72. The van der Waals surface area contributed by atoms with Gasteiger partial charge in [0.1, 0.15) is 5.69 Å². The molecule has 0 aliphatic carbocycles. The van der Waals surface area contributed by atoms with Gasteiger partial charge < -0.3 is 9.47 Å². The molecular formula is C18H18N2O2. The maximum Gasteiger partial charge on any atom is 0.200 e. The minimum Gasteiger partial charge on any atom is -0.350 e. The van der Waals surface area contributed by atoms with Gasteiger partial charge in [-0.05, 0) is 18.2 Å². The highest BCUT2D eigenvalue weighted by Crippen LogP contribution is 2.27. The SMILES string of the molecule is COC(OC)c1cc(-c2ccccc2)nn1-c1ccccc1. The molecular weight excluding hydrogens is 276 g/mol. The molecule has 0 radical (unpaired) electrons. The minimum absolute atomic E-state index is 0.467. The van der Waals surface area contributed by atoms with E-state index in [2.05, 4.69) is 0 Å². The standard InChI is InChI=1S/C18H18N2O2/c1-21-18(22-2)17-13-16(14-9-5-3-6-10-14)19-20(17)15-11-7-4-8-12-15/h3-13,18H,1-2H3. The van der Waals surface area contributed by atoms with Crippen LogP contribution in [0.15, 0.2) is 66.7 Å². The van der Waals surface area contributed by atoms with Crippen LogP contribution in [0.1, 0.15) is 12.0 Å². The van der Waals surface area contributed by atoms with Crippen LogP contribution in [-0.4, -0.2) is 24.0 Å². The number of nitrogens with zero attached hydrogens (tertiary/aromatic N) is 2. The van der Waals surface area contributed by atoms with Crippen molar-refractivity contribution in [2.24, 2.45) is 0 Å². The average Bonchev–Trinajstić information content (AvgIpc) is 3.03. The van der Waals surface area contributed by atoms with Gasteiger partial charge in [-0.1, -0.05) is 48.5 Å². The van der Waals surface area contributed by atoms with Crippen LogP contribution in [0.3, 0.4) is 0 Å². The van der Waals surface area contributed by atoms with Gasteiger partial charge in [0.2, 0.25) is 6.29 Å². The Labute approximate surface area is 129 Å². The number of ether oxygens (including phenoxy) is 2. The Hall–Kier alpha value is -2.43. The van der Waals surface area contributed by atoms with Crippen LogP contribution in [0.5, 0.6) is 0 Å². The van der Waals surface area contributed by atoms with E-state index in [-0.39, 0.29) is 0 Å². The number of aromatic nitrogens is 2. The van der Waals surface area contributed by atoms with E-state index in [0.29, 0.717) is 0 Å². The van der Waals surface area contributed by atoms with E-state index in [4.69, 9.17) is 14.6 Å². The summed E-state index contributed by atoms with van der Waals surface area (Å²) in [7, 11) is 3.25. The van der Waals surface area contributed by atoms with E-state index in [9.17, 15) is 0 Å². The van der Waals surface area contributed by atoms with Crippen LogP contribution in [-0.2, 0) is 9.47 Å². The van der Waals surface area contributed by atoms with Crippen LogP contribution in [0.25, 0.3) is 16.9 Å². The molecule has 0 saturated heterocycles. The Balaban J connectivity index is 2.13. The summed E-state index contributed by atoms with van der Waals surface area (Å²) in [5.74, 6) is 0. The molecule has 0 spiro atoms. The first-order chi connectivity index (χ1) is 10.8. The molecule has 2 aromatic carbocycles. The smallest absolute Gasteiger partial charge is 0.200 e. The molecule has 1 heterocycles. The number of para-hydroxylation sites is 1. The Morgan fingerprint density at radius 3 is 2.05 bits per heavy atom. The maximum atomic E-state index is 5.41. The van der Waals surface area contributed by atoms with E-state index < -0.39 is 6.29 Å². The zero-order valence-electron chi connectivity index (χ0n) is 12.6. The second kappa shape index (κ2) is 6.56. The van der Waals surface area contributed by atoms with Crippen molar-refractivity contribution in [3.63, 3.8) is 0 Å². The molecule has 22 heavy (non-hydrogen) atoms. The molecule has 4 nitrogen and oxygen atoms in total. The maximum absolute atomic E-state index is 5.41. The van der Waals surface area contributed by atoms with Crippen molar-refractivity contribution in [1.29, 1.82) is 0 Å². The summed E-state index contributed by atoms with van der Waals surface area (Å²) in [6, 6.07) is 22.0. The molecule has 0 aliphatic heterocycles. The van der Waals surface area contributed by atoms with Crippen LogP contribution >= 0.6 is 0 Å². The second-order valence-corrected chi connectivity index (χ2v) is 4.87. The zero-order valence-corrected chi connectivity index (χ0v) is 12.6. The largest absolute Gasteiger partial charge is 0.350 e. The lowest BCUT2D eigenvalue weighted by Gasteiger charge is -2.15. The normalized spacial score (nSPS) is 11.0. The van der Waals surface area contributed by atoms with E-state index >= 15 is 0 Å². The highest BCUT2D eigenvalue weighted by atomic mass is 16.7. The number of methoxy groups -OCH3 is 2. The van der Waals surface area contributed by atoms with Crippen molar-refractivity contribution in [2.75, 3.05) is 14.2 Å². The van der Waals surface area contributed by atoms with Gasteiger partial charge >= 0.3 is 0 Å². The quantitative estimate of drug-likeness (QED) is 0.671. The van der Waals surface area contributed by atoms with Gasteiger partial charge in [0, 0.05) is 19.8 Å². The average molecular weight is 294 g/mol. The number of benzene rings is 2. The molecule has 0 N–H and O–H groups in total. The van der Waals surface area contributed by atoms with Crippen molar-refractivity contribution in [3.05, 3.63) is 72.4 Å². The molecule has 0 amide bonds. The molecule has 3 aromatic rings. The Morgan fingerprint density at radius 1 is 0.864 bits per heavy atom. The van der Waals surface area contributed by atoms with E-state index in [1.807, 2.05) is 71.4 Å². The molecule has 0 saturated carbocycles. The van der Waals surface area contributed by atoms with Crippen molar-refractivity contribution in [2.45, 2.75) is 6.29 Å². The lowest BCUT2D eigenvalue weighted by Crippen LogP contribution is -2.10. The summed E-state index contributed by atoms with van der Waals surface area (Å²) >= 11 is 0. The van der Waals surface area contributed by atoms with Gasteiger partial charge in [-0.15, -0.1) is 0 Å². The number of hydrogen-bond donors (Lipinski definition) is 0. The fraction of sp³-hybridized carbons (Fsp3) is 0.167. The molecule has 1 aromatic heterocycles. The molecule has 112 valence electrons. The first kappa shape index (κ1) is 14.5. The third kappa shape index (κ3) is 2.79. The monoisotopic (exact) mass is 294 g/mol. The first-order valence-corrected chi connectivity index (χ1v) is 7.10. The number of hydrogen-bond acceptors (Lipinski definition) is 3. The fourth-order valence-corrected chi connectivity index (χ4v) is 2.43. The van der Waals surface area contributed by atoms with Gasteiger partial charge in [0.05, 0.1) is 11.4 Å². The molecule has 0 bridgehead atoms. The van der Waals surface area contributed by atoms with Gasteiger partial charge in [0.25, 0.3) is 0 Å². The highest BCUT2D eigenvalue weighted by molar-refractivity contribution is 5.60. The third-order valence-corrected chi connectivity index (χ3v) is 3.48. The van der Waals surface area contributed by atoms with Gasteiger partial charge in [-0.2, -0.15) is 5.10 Å². The molecule has 0 fully saturated rings. The second-order valence-electron chi connectivity index (χ2n) is 4.87. The summed E-state index contributed by atoms with van der Waals surface area (Å²) in [4.78, 5) is 0. The van der Waals surface area contributed by atoms with Crippen LogP contribution in [0, 0.1) is 0 Å². The van der Waals surface area contributed by atoms with E-state index in [1.54, 1.807) is 14.2 Å². The zero-order chi connectivity index (χ0) is 15.4. The minimum atomic E-state index is -0.467. The molecule has 4 heteroatoms. The first-order valence-electron chi connectivity index (χ1n) is 7.10. The molecule has 0 aliphatic rings.